The van der Waals surface area contributed by atoms with Crippen LogP contribution in [0.25, 0.3) is 0 Å². The second-order valence-electron chi connectivity index (χ2n) is 3.50. The van der Waals surface area contributed by atoms with Crippen LogP contribution >= 0.6 is 0 Å². The minimum atomic E-state index is -0.812. The number of halogens is 2. The van der Waals surface area contributed by atoms with E-state index in [9.17, 15) is 18.9 Å². The second-order valence-corrected chi connectivity index (χ2v) is 3.50. The van der Waals surface area contributed by atoms with Crippen molar-refractivity contribution in [2.45, 2.75) is 0 Å². The summed E-state index contributed by atoms with van der Waals surface area (Å²) in [4.78, 5) is 10.1. The Morgan fingerprint density at radius 1 is 1.00 bits per heavy atom. The molecular formula is C12H8F2N2O2. The van der Waals surface area contributed by atoms with E-state index in [4.69, 9.17) is 0 Å². The van der Waals surface area contributed by atoms with Gasteiger partial charge in [-0.15, -0.1) is 0 Å². The van der Waals surface area contributed by atoms with Gasteiger partial charge in [0.15, 0.2) is 0 Å². The number of hydrogen-bond donors (Lipinski definition) is 1. The van der Waals surface area contributed by atoms with Crippen LogP contribution in [-0.4, -0.2) is 4.92 Å². The number of para-hydroxylation sites is 3. The molecule has 6 heteroatoms. The zero-order valence-corrected chi connectivity index (χ0v) is 9.06. The van der Waals surface area contributed by atoms with E-state index in [0.717, 1.165) is 12.1 Å². The Morgan fingerprint density at radius 3 is 2.22 bits per heavy atom. The molecule has 4 nitrogen and oxygen atoms in total. The summed E-state index contributed by atoms with van der Waals surface area (Å²) >= 11 is 0. The van der Waals surface area contributed by atoms with E-state index in [2.05, 4.69) is 5.32 Å². The van der Waals surface area contributed by atoms with Gasteiger partial charge in [-0.05, 0) is 18.2 Å². The van der Waals surface area contributed by atoms with E-state index in [-0.39, 0.29) is 11.4 Å². The topological polar surface area (TPSA) is 55.2 Å². The molecular weight excluding hydrogens is 242 g/mol. The predicted octanol–water partition coefficient (Wildman–Crippen LogP) is 3.62. The normalized spacial score (nSPS) is 10.1. The van der Waals surface area contributed by atoms with Crippen molar-refractivity contribution in [3.63, 3.8) is 0 Å². The van der Waals surface area contributed by atoms with Gasteiger partial charge in [0.2, 0.25) is 0 Å². The van der Waals surface area contributed by atoms with Crippen LogP contribution in [0.5, 0.6) is 0 Å². The van der Waals surface area contributed by atoms with Crippen molar-refractivity contribution in [3.8, 4) is 0 Å². The molecule has 0 unspecified atom stereocenters. The third kappa shape index (κ3) is 2.27. The Kier molecular flexibility index (Phi) is 3.18. The second kappa shape index (κ2) is 4.79. The van der Waals surface area contributed by atoms with E-state index in [0.29, 0.717) is 0 Å². The summed E-state index contributed by atoms with van der Waals surface area (Å²) in [5.74, 6) is -1.62. The molecule has 0 saturated heterocycles. The molecule has 0 heterocycles. The van der Waals surface area contributed by atoms with Gasteiger partial charge in [-0.25, -0.2) is 8.78 Å². The summed E-state index contributed by atoms with van der Waals surface area (Å²) in [5.41, 5.74) is -0.626. The van der Waals surface area contributed by atoms with Crippen molar-refractivity contribution in [3.05, 3.63) is 64.2 Å². The molecule has 0 saturated carbocycles. The minimum Gasteiger partial charge on any atom is -0.345 e. The number of nitro benzene ring substituents is 1. The van der Waals surface area contributed by atoms with Crippen LogP contribution in [0.3, 0.4) is 0 Å². The Bertz CT molecular complexity index is 582. The summed E-state index contributed by atoms with van der Waals surface area (Å²) < 4.78 is 26.8. The summed E-state index contributed by atoms with van der Waals surface area (Å²) in [7, 11) is 0. The van der Waals surface area contributed by atoms with Gasteiger partial charge < -0.3 is 5.32 Å². The van der Waals surface area contributed by atoms with Crippen LogP contribution in [0.1, 0.15) is 0 Å². The molecule has 1 N–H and O–H groups in total. The SMILES string of the molecule is O=[N+]([O-])c1ccccc1Nc1c(F)cccc1F. The minimum absolute atomic E-state index is 0.0338. The molecule has 0 aliphatic rings. The van der Waals surface area contributed by atoms with Crippen LogP contribution in [0.2, 0.25) is 0 Å². The fourth-order valence-electron chi connectivity index (χ4n) is 1.49. The van der Waals surface area contributed by atoms with Gasteiger partial charge in [-0.1, -0.05) is 18.2 Å². The molecule has 0 aliphatic heterocycles. The van der Waals surface area contributed by atoms with Gasteiger partial charge in [0, 0.05) is 6.07 Å². The monoisotopic (exact) mass is 250 g/mol. The Labute approximate surface area is 101 Å². The number of benzene rings is 2. The lowest BCUT2D eigenvalue weighted by molar-refractivity contribution is -0.383. The maximum absolute atomic E-state index is 13.4. The fourth-order valence-corrected chi connectivity index (χ4v) is 1.49. The van der Waals surface area contributed by atoms with Crippen LogP contribution in [0.15, 0.2) is 42.5 Å². The molecule has 92 valence electrons. The third-order valence-electron chi connectivity index (χ3n) is 2.32. The molecule has 0 atom stereocenters. The lowest BCUT2D eigenvalue weighted by Gasteiger charge is -2.08. The summed E-state index contributed by atoms with van der Waals surface area (Å²) in [5, 5.41) is 13.2. The van der Waals surface area contributed by atoms with E-state index in [1.165, 1.54) is 30.3 Å². The van der Waals surface area contributed by atoms with Gasteiger partial charge in [-0.2, -0.15) is 0 Å². The maximum atomic E-state index is 13.4. The highest BCUT2D eigenvalue weighted by atomic mass is 19.1. The molecule has 0 aromatic heterocycles. The Hall–Kier alpha value is -2.50. The lowest BCUT2D eigenvalue weighted by atomic mass is 10.2. The van der Waals surface area contributed by atoms with Gasteiger partial charge in [-0.3, -0.25) is 10.1 Å². The Morgan fingerprint density at radius 2 is 1.61 bits per heavy atom. The van der Waals surface area contributed by atoms with Crippen LogP contribution < -0.4 is 5.32 Å². The van der Waals surface area contributed by atoms with Crippen molar-refractivity contribution < 1.29 is 13.7 Å². The van der Waals surface area contributed by atoms with Crippen molar-refractivity contribution in [1.82, 2.24) is 0 Å². The number of rotatable bonds is 3. The number of anilines is 2. The van der Waals surface area contributed by atoms with Gasteiger partial charge in [0.05, 0.1) is 4.92 Å². The molecule has 0 spiro atoms. The standard InChI is InChI=1S/C12H8F2N2O2/c13-8-4-3-5-9(14)12(8)15-10-6-1-2-7-11(10)16(17)18/h1-7,15H. The van der Waals surface area contributed by atoms with Crippen LogP contribution in [0, 0.1) is 21.7 Å². The smallest absolute Gasteiger partial charge is 0.292 e. The molecule has 2 rings (SSSR count). The number of hydrogen-bond acceptors (Lipinski definition) is 3. The van der Waals surface area contributed by atoms with Crippen molar-refractivity contribution >= 4 is 17.1 Å². The predicted molar refractivity (Wildman–Crippen MR) is 62.7 cm³/mol. The molecule has 2 aromatic carbocycles. The van der Waals surface area contributed by atoms with Gasteiger partial charge in [0.25, 0.3) is 5.69 Å². The fraction of sp³-hybridized carbons (Fsp3) is 0. The highest BCUT2D eigenvalue weighted by Gasteiger charge is 2.15. The first kappa shape index (κ1) is 12.0. The van der Waals surface area contributed by atoms with E-state index in [1.54, 1.807) is 0 Å². The summed E-state index contributed by atoms with van der Waals surface area (Å²) in [6.07, 6.45) is 0. The highest BCUT2D eigenvalue weighted by Crippen LogP contribution is 2.29. The van der Waals surface area contributed by atoms with E-state index in [1.807, 2.05) is 0 Å². The average molecular weight is 250 g/mol. The zero-order chi connectivity index (χ0) is 13.1. The Balaban J connectivity index is 2.43. The van der Waals surface area contributed by atoms with Crippen molar-refractivity contribution in [1.29, 1.82) is 0 Å². The molecule has 0 amide bonds. The quantitative estimate of drug-likeness (QED) is 0.668. The van der Waals surface area contributed by atoms with Gasteiger partial charge in [0.1, 0.15) is 23.0 Å². The lowest BCUT2D eigenvalue weighted by Crippen LogP contribution is -2.00. The number of nitrogens with one attached hydrogen (secondary N) is 1. The average Bonchev–Trinajstić information content (AvgIpc) is 2.34. The van der Waals surface area contributed by atoms with Crippen molar-refractivity contribution in [2.75, 3.05) is 5.32 Å². The molecule has 2 aromatic rings. The van der Waals surface area contributed by atoms with Crippen LogP contribution in [-0.2, 0) is 0 Å². The summed E-state index contributed by atoms with van der Waals surface area (Å²) in [6, 6.07) is 9.00. The van der Waals surface area contributed by atoms with E-state index < -0.39 is 22.2 Å². The van der Waals surface area contributed by atoms with Gasteiger partial charge >= 0.3 is 0 Å². The molecule has 18 heavy (non-hydrogen) atoms. The van der Waals surface area contributed by atoms with E-state index >= 15 is 0 Å². The third-order valence-corrected chi connectivity index (χ3v) is 2.32. The molecule has 0 bridgehead atoms. The zero-order valence-electron chi connectivity index (χ0n) is 9.06. The number of nitro groups is 1. The highest BCUT2D eigenvalue weighted by molar-refractivity contribution is 5.69. The summed E-state index contributed by atoms with van der Waals surface area (Å²) in [6.45, 7) is 0. The maximum Gasteiger partial charge on any atom is 0.292 e. The first-order chi connectivity index (χ1) is 8.59. The van der Waals surface area contributed by atoms with Crippen LogP contribution in [0.4, 0.5) is 25.8 Å². The first-order valence-corrected chi connectivity index (χ1v) is 5.04. The molecule has 0 fully saturated rings. The molecule has 0 aliphatic carbocycles. The number of nitrogens with zero attached hydrogens (tertiary/aromatic N) is 1. The first-order valence-electron chi connectivity index (χ1n) is 5.04. The van der Waals surface area contributed by atoms with Crippen molar-refractivity contribution in [2.24, 2.45) is 0 Å². The largest absolute Gasteiger partial charge is 0.345 e. The molecule has 0 radical (unpaired) electrons.